The number of halogens is 2. The van der Waals surface area contributed by atoms with Gasteiger partial charge in [0.15, 0.2) is 0 Å². The molecule has 0 heterocycles. The Balaban J connectivity index is 0.00000190. The van der Waals surface area contributed by atoms with Gasteiger partial charge in [-0.25, -0.2) is 0 Å². The van der Waals surface area contributed by atoms with E-state index in [9.17, 15) is 0 Å². The van der Waals surface area contributed by atoms with Crippen LogP contribution in [-0.4, -0.2) is 0 Å². The summed E-state index contributed by atoms with van der Waals surface area (Å²) >= 11 is 1.68. The van der Waals surface area contributed by atoms with Crippen LogP contribution in [0.4, 0.5) is 0 Å². The molecule has 2 aromatic rings. The van der Waals surface area contributed by atoms with Gasteiger partial charge in [-0.05, 0) is 0 Å². The van der Waals surface area contributed by atoms with Gasteiger partial charge in [0.2, 0.25) is 0 Å². The second kappa shape index (κ2) is 9.78. The smallest absolute Gasteiger partial charge is 1.00 e. The topological polar surface area (TPSA) is 0 Å². The van der Waals surface area contributed by atoms with Crippen molar-refractivity contribution in [3.8, 4) is 11.1 Å². The zero-order valence-electron chi connectivity index (χ0n) is 24.4. The zero-order valence-corrected chi connectivity index (χ0v) is 28.3. The van der Waals surface area contributed by atoms with E-state index in [1.165, 1.54) is 35.1 Å². The molecule has 3 aliphatic rings. The van der Waals surface area contributed by atoms with Crippen molar-refractivity contribution in [2.24, 2.45) is 10.8 Å². The summed E-state index contributed by atoms with van der Waals surface area (Å²) < 4.78 is 0.744. The Morgan fingerprint density at radius 3 is 1.59 bits per heavy atom. The van der Waals surface area contributed by atoms with Crippen LogP contribution in [0.2, 0.25) is 3.63 Å². The number of hydrogen-bond donors (Lipinski definition) is 0. The molecule has 0 N–H and O–H groups in total. The van der Waals surface area contributed by atoms with Crippen LogP contribution in [0.1, 0.15) is 110 Å². The van der Waals surface area contributed by atoms with Crippen molar-refractivity contribution in [2.45, 2.75) is 102 Å². The van der Waals surface area contributed by atoms with Gasteiger partial charge >= 0.3 is 231 Å². The molecule has 0 bridgehead atoms. The van der Waals surface area contributed by atoms with Gasteiger partial charge in [0.1, 0.15) is 0 Å². The maximum absolute atomic E-state index is 2.63. The summed E-state index contributed by atoms with van der Waals surface area (Å²) in [7, 11) is 0. The van der Waals surface area contributed by atoms with E-state index in [0.29, 0.717) is 5.92 Å². The largest absolute Gasteiger partial charge is 1.00 e. The van der Waals surface area contributed by atoms with Gasteiger partial charge in [0.25, 0.3) is 0 Å². The fourth-order valence-corrected chi connectivity index (χ4v) is 8.42. The molecule has 2 unspecified atom stereocenters. The fraction of sp³-hybridized carbons (Fsp3) is 0.529. The van der Waals surface area contributed by atoms with E-state index in [-0.39, 0.29) is 46.5 Å². The first-order valence-corrected chi connectivity index (χ1v) is 14.9. The molecule has 0 aromatic heterocycles. The maximum atomic E-state index is 2.63. The van der Waals surface area contributed by atoms with E-state index >= 15 is 0 Å². The molecular formula is C34H43Cl2Zr. The Hall–Kier alpha value is -0.617. The van der Waals surface area contributed by atoms with Gasteiger partial charge in [-0.3, -0.25) is 0 Å². The first-order valence-electron chi connectivity index (χ1n) is 13.5. The number of hydrogen-bond acceptors (Lipinski definition) is 0. The summed E-state index contributed by atoms with van der Waals surface area (Å²) in [6, 6.07) is 14.8. The molecule has 2 aromatic carbocycles. The Labute approximate surface area is 253 Å². The molecule has 2 atom stereocenters. The van der Waals surface area contributed by atoms with E-state index in [2.05, 4.69) is 112 Å². The minimum atomic E-state index is 0. The first kappa shape index (κ1) is 30.9. The predicted octanol–water partition coefficient (Wildman–Crippen LogP) is 3.82. The van der Waals surface area contributed by atoms with Crippen LogP contribution >= 0.6 is 0 Å². The average molecular weight is 614 g/mol. The van der Waals surface area contributed by atoms with Gasteiger partial charge in [-0.1, -0.05) is 0 Å². The van der Waals surface area contributed by atoms with Crippen molar-refractivity contribution in [2.75, 3.05) is 0 Å². The van der Waals surface area contributed by atoms with Gasteiger partial charge in [0, 0.05) is 0 Å². The Bertz CT molecular complexity index is 1210. The molecule has 3 aliphatic carbocycles. The minimum Gasteiger partial charge on any atom is -1.00 e. The SMILES string of the molecule is CC(C)(C)C1=CC2=C(C1)[CH]([Zr+2])CC2(C)C1c2ccc(C(C)(C)C)cc2-c2cc(C(C)(C)C)ccc21.[Cl-].[Cl-]. The molecule has 0 aliphatic heterocycles. The summed E-state index contributed by atoms with van der Waals surface area (Å²) in [6.07, 6.45) is 5.11. The van der Waals surface area contributed by atoms with E-state index < -0.39 is 0 Å². The molecule has 0 radical (unpaired) electrons. The zero-order chi connectivity index (χ0) is 25.7. The molecular weight excluding hydrogens is 571 g/mol. The van der Waals surface area contributed by atoms with Crippen LogP contribution in [0.15, 0.2) is 59.2 Å². The predicted molar refractivity (Wildman–Crippen MR) is 147 cm³/mol. The second-order valence-corrected chi connectivity index (χ2v) is 16.5. The summed E-state index contributed by atoms with van der Waals surface area (Å²) in [5.74, 6) is 0.432. The van der Waals surface area contributed by atoms with E-state index in [1.807, 2.05) is 0 Å². The second-order valence-electron chi connectivity index (χ2n) is 14.7. The third-order valence-electron chi connectivity index (χ3n) is 9.06. The monoisotopic (exact) mass is 611 g/mol. The summed E-state index contributed by atoms with van der Waals surface area (Å²) in [5.41, 5.74) is 14.7. The van der Waals surface area contributed by atoms with Crippen molar-refractivity contribution < 1.29 is 49.5 Å². The van der Waals surface area contributed by atoms with Gasteiger partial charge in [-0.15, -0.1) is 0 Å². The molecule has 197 valence electrons. The Morgan fingerprint density at radius 1 is 0.730 bits per heavy atom. The molecule has 0 spiro atoms. The van der Waals surface area contributed by atoms with Crippen molar-refractivity contribution >= 4 is 0 Å². The molecule has 0 saturated carbocycles. The van der Waals surface area contributed by atoms with Gasteiger partial charge in [-0.2, -0.15) is 0 Å². The Kier molecular flexibility index (Phi) is 8.18. The number of rotatable bonds is 1. The van der Waals surface area contributed by atoms with E-state index in [4.69, 9.17) is 0 Å². The van der Waals surface area contributed by atoms with Crippen LogP contribution in [-0.2, 0) is 35.5 Å². The average Bonchev–Trinajstić information content (AvgIpc) is 3.37. The van der Waals surface area contributed by atoms with Crippen LogP contribution in [0.5, 0.6) is 0 Å². The van der Waals surface area contributed by atoms with Gasteiger partial charge < -0.3 is 24.8 Å². The van der Waals surface area contributed by atoms with Crippen molar-refractivity contribution in [1.82, 2.24) is 0 Å². The summed E-state index contributed by atoms with van der Waals surface area (Å²) in [5, 5.41) is 0. The number of allylic oxidation sites excluding steroid dienone is 4. The quantitative estimate of drug-likeness (QED) is 0.459. The molecule has 0 amide bonds. The molecule has 0 fully saturated rings. The van der Waals surface area contributed by atoms with Crippen molar-refractivity contribution in [3.05, 3.63) is 81.4 Å². The van der Waals surface area contributed by atoms with E-state index in [1.54, 1.807) is 52.6 Å². The third-order valence-corrected chi connectivity index (χ3v) is 10.4. The standard InChI is InChI=1S/C34H43.2ClH.Zr/c1-31(2,3)22-11-13-25-27(18-22)28-19-23(32(4,5)6)12-14-26(28)30(25)34(10)16-15-21-17-24(20-29(21)34)33(7,8)9;;;/h11-15,18-20,30H,16-17H2,1-10H3;2*1H;/q;;;+2/p-2. The van der Waals surface area contributed by atoms with E-state index in [0.717, 1.165) is 3.63 Å². The minimum absolute atomic E-state index is 0. The van der Waals surface area contributed by atoms with Gasteiger partial charge in [0.05, 0.1) is 0 Å². The summed E-state index contributed by atoms with van der Waals surface area (Å²) in [4.78, 5) is 0. The van der Waals surface area contributed by atoms with Crippen LogP contribution in [0, 0.1) is 10.8 Å². The normalized spacial score (nSPS) is 23.2. The molecule has 0 nitrogen and oxygen atoms in total. The third kappa shape index (κ3) is 5.05. The Morgan fingerprint density at radius 2 is 1.19 bits per heavy atom. The molecule has 3 heteroatoms. The molecule has 37 heavy (non-hydrogen) atoms. The molecule has 0 saturated heterocycles. The molecule has 5 rings (SSSR count). The van der Waals surface area contributed by atoms with Crippen LogP contribution < -0.4 is 24.8 Å². The van der Waals surface area contributed by atoms with Crippen molar-refractivity contribution in [3.63, 3.8) is 0 Å². The van der Waals surface area contributed by atoms with Crippen molar-refractivity contribution in [1.29, 1.82) is 0 Å². The maximum Gasteiger partial charge on any atom is -1.00 e. The van der Waals surface area contributed by atoms with Crippen LogP contribution in [0.3, 0.4) is 0 Å². The number of fused-ring (bicyclic) bond motifs is 3. The number of benzene rings is 2. The summed E-state index contributed by atoms with van der Waals surface area (Å²) in [6.45, 7) is 23.8. The fourth-order valence-electron chi connectivity index (χ4n) is 6.74. The first-order chi connectivity index (χ1) is 16.0. The van der Waals surface area contributed by atoms with Crippen LogP contribution in [0.25, 0.3) is 11.1 Å².